The molecule has 0 bridgehead atoms. The van der Waals surface area contributed by atoms with Crippen molar-refractivity contribution in [1.82, 2.24) is 4.90 Å². The summed E-state index contributed by atoms with van der Waals surface area (Å²) in [6.45, 7) is 17.4. The first-order valence-electron chi connectivity index (χ1n) is 9.45. The van der Waals surface area contributed by atoms with Gasteiger partial charge in [0.1, 0.15) is 11.1 Å². The van der Waals surface area contributed by atoms with Gasteiger partial charge in [-0.3, -0.25) is 9.69 Å². The topological polar surface area (TPSA) is 55.8 Å². The van der Waals surface area contributed by atoms with Crippen LogP contribution in [-0.2, 0) is 18.8 Å². The van der Waals surface area contributed by atoms with E-state index in [1.165, 1.54) is 0 Å². The molecule has 5 nitrogen and oxygen atoms in total. The maximum absolute atomic E-state index is 12.9. The average molecular weight is 526 g/mol. The molecule has 0 spiro atoms. The van der Waals surface area contributed by atoms with Crippen LogP contribution in [0.3, 0.4) is 0 Å². The van der Waals surface area contributed by atoms with E-state index in [9.17, 15) is 9.59 Å². The van der Waals surface area contributed by atoms with Crippen LogP contribution >= 0.6 is 34.4 Å². The molecule has 1 unspecified atom stereocenters. The standard InChI is InChI=1S/C19H32INO4SSi/c1-11(2)10-24-18(23)15-13(9-20)26-17-14(16(22)21(15)17)12(3)25-27(7,8)19(4,5)6/h11-12,14,17H,9-10H2,1-8H3/t12?,14-,17+/m0/s1. The molecule has 154 valence electrons. The van der Waals surface area contributed by atoms with Gasteiger partial charge in [0, 0.05) is 9.33 Å². The molecule has 8 heteroatoms. The number of ether oxygens (including phenoxy) is 1. The Hall–Kier alpha value is -0.0631. The van der Waals surface area contributed by atoms with Crippen molar-refractivity contribution in [3.8, 4) is 0 Å². The quantitative estimate of drug-likeness (QED) is 0.158. The van der Waals surface area contributed by atoms with Gasteiger partial charge in [-0.1, -0.05) is 57.2 Å². The van der Waals surface area contributed by atoms with Crippen LogP contribution in [0.25, 0.3) is 0 Å². The number of carbonyl (C=O) groups excluding carboxylic acids is 2. The van der Waals surface area contributed by atoms with E-state index in [1.54, 1.807) is 16.7 Å². The van der Waals surface area contributed by atoms with Crippen LogP contribution in [0.4, 0.5) is 0 Å². The van der Waals surface area contributed by atoms with Crippen molar-refractivity contribution in [1.29, 1.82) is 0 Å². The lowest BCUT2D eigenvalue weighted by Gasteiger charge is -2.48. The number of esters is 1. The van der Waals surface area contributed by atoms with E-state index in [-0.39, 0.29) is 40.2 Å². The minimum absolute atomic E-state index is 0.0185. The molecule has 3 atom stereocenters. The molecule has 2 rings (SSSR count). The van der Waals surface area contributed by atoms with Crippen molar-refractivity contribution < 1.29 is 18.8 Å². The zero-order chi connectivity index (χ0) is 20.7. The molecular weight excluding hydrogens is 493 g/mol. The van der Waals surface area contributed by atoms with Crippen molar-refractivity contribution in [3.05, 3.63) is 10.6 Å². The van der Waals surface area contributed by atoms with Gasteiger partial charge in [-0.2, -0.15) is 0 Å². The summed E-state index contributed by atoms with van der Waals surface area (Å²) in [5.74, 6) is -0.344. The number of fused-ring (bicyclic) bond motifs is 1. The lowest BCUT2D eigenvalue weighted by Crippen LogP contribution is -2.62. The molecule has 0 aromatic rings. The second-order valence-corrected chi connectivity index (χ2v) is 16.0. The predicted molar refractivity (Wildman–Crippen MR) is 121 cm³/mol. The first-order valence-corrected chi connectivity index (χ1v) is 14.8. The number of carbonyl (C=O) groups is 2. The third kappa shape index (κ3) is 4.58. The Morgan fingerprint density at radius 1 is 1.30 bits per heavy atom. The third-order valence-electron chi connectivity index (χ3n) is 5.51. The van der Waals surface area contributed by atoms with Gasteiger partial charge in [-0.05, 0) is 31.0 Å². The zero-order valence-electron chi connectivity index (χ0n) is 17.6. The molecule has 2 aliphatic rings. The van der Waals surface area contributed by atoms with Gasteiger partial charge in [0.2, 0.25) is 5.91 Å². The van der Waals surface area contributed by atoms with E-state index < -0.39 is 8.32 Å². The highest BCUT2D eigenvalue weighted by Gasteiger charge is 2.59. The Balaban J connectivity index is 2.13. The van der Waals surface area contributed by atoms with Crippen LogP contribution in [-0.4, -0.2) is 47.6 Å². The molecule has 0 radical (unpaired) electrons. The highest BCUT2D eigenvalue weighted by atomic mass is 127. The summed E-state index contributed by atoms with van der Waals surface area (Å²) < 4.78 is 12.6. The summed E-state index contributed by atoms with van der Waals surface area (Å²) in [4.78, 5) is 28.1. The number of thioether (sulfide) groups is 1. The lowest BCUT2D eigenvalue weighted by molar-refractivity contribution is -0.158. The molecular formula is C19H32INO4SSi. The van der Waals surface area contributed by atoms with Crippen LogP contribution < -0.4 is 0 Å². The highest BCUT2D eigenvalue weighted by Crippen LogP contribution is 2.52. The van der Waals surface area contributed by atoms with Crippen molar-refractivity contribution in [2.75, 3.05) is 11.0 Å². The molecule has 2 aliphatic heterocycles. The van der Waals surface area contributed by atoms with Gasteiger partial charge in [0.05, 0.1) is 18.6 Å². The number of allylic oxidation sites excluding steroid dienone is 1. The normalized spacial score (nSPS) is 24.2. The van der Waals surface area contributed by atoms with Gasteiger partial charge >= 0.3 is 5.97 Å². The van der Waals surface area contributed by atoms with Gasteiger partial charge < -0.3 is 9.16 Å². The Morgan fingerprint density at radius 3 is 2.37 bits per heavy atom. The smallest absolute Gasteiger partial charge is 0.355 e. The SMILES string of the molecule is CC(C)COC(=O)C1=C(CI)S[C@@H]2[C@@H](C(C)O[Si](C)(C)C(C)(C)C)C(=O)N12. The van der Waals surface area contributed by atoms with Crippen LogP contribution in [0.15, 0.2) is 10.6 Å². The number of hydrogen-bond donors (Lipinski definition) is 0. The number of nitrogens with zero attached hydrogens (tertiary/aromatic N) is 1. The van der Waals surface area contributed by atoms with Crippen LogP contribution in [0, 0.1) is 11.8 Å². The van der Waals surface area contributed by atoms with Crippen molar-refractivity contribution in [2.45, 2.75) is 71.2 Å². The molecule has 2 heterocycles. The fourth-order valence-electron chi connectivity index (χ4n) is 2.95. The molecule has 1 amide bonds. The second kappa shape index (κ2) is 8.35. The molecule has 1 saturated heterocycles. The van der Waals surface area contributed by atoms with Crippen LogP contribution in [0.5, 0.6) is 0 Å². The summed E-state index contributed by atoms with van der Waals surface area (Å²) >= 11 is 3.86. The van der Waals surface area contributed by atoms with Gasteiger partial charge in [0.25, 0.3) is 0 Å². The minimum Gasteiger partial charge on any atom is -0.461 e. The van der Waals surface area contributed by atoms with Gasteiger partial charge in [-0.25, -0.2) is 4.79 Å². The largest absolute Gasteiger partial charge is 0.461 e. The second-order valence-electron chi connectivity index (χ2n) is 9.22. The fourth-order valence-corrected chi connectivity index (χ4v) is 6.73. The molecule has 27 heavy (non-hydrogen) atoms. The van der Waals surface area contributed by atoms with Gasteiger partial charge in [0.15, 0.2) is 8.32 Å². The van der Waals surface area contributed by atoms with E-state index in [2.05, 4.69) is 56.5 Å². The first kappa shape index (κ1) is 23.2. The minimum atomic E-state index is -1.96. The highest BCUT2D eigenvalue weighted by molar-refractivity contribution is 14.1. The van der Waals surface area contributed by atoms with Gasteiger partial charge in [-0.15, -0.1) is 11.8 Å². The van der Waals surface area contributed by atoms with Crippen molar-refractivity contribution >= 4 is 54.5 Å². The summed E-state index contributed by atoms with van der Waals surface area (Å²) in [7, 11) is -1.96. The third-order valence-corrected chi connectivity index (χ3v) is 12.7. The fraction of sp³-hybridized carbons (Fsp3) is 0.789. The Bertz CT molecular complexity index is 644. The number of hydrogen-bond acceptors (Lipinski definition) is 5. The maximum atomic E-state index is 12.9. The summed E-state index contributed by atoms with van der Waals surface area (Å²) in [6, 6.07) is 0. The number of halogens is 1. The molecule has 0 aromatic carbocycles. The van der Waals surface area contributed by atoms with Crippen molar-refractivity contribution in [3.63, 3.8) is 0 Å². The van der Waals surface area contributed by atoms with E-state index in [1.807, 2.05) is 20.8 Å². The molecule has 1 fully saturated rings. The summed E-state index contributed by atoms with van der Waals surface area (Å²) in [5.41, 5.74) is 0.445. The average Bonchev–Trinajstić information content (AvgIpc) is 2.85. The molecule has 0 aromatic heterocycles. The lowest BCUT2D eigenvalue weighted by atomic mass is 9.92. The number of alkyl halides is 1. The Kier molecular flexibility index (Phi) is 7.18. The first-order chi connectivity index (χ1) is 12.3. The molecule has 0 aliphatic carbocycles. The Labute approximate surface area is 182 Å². The maximum Gasteiger partial charge on any atom is 0.355 e. The van der Waals surface area contributed by atoms with E-state index in [4.69, 9.17) is 9.16 Å². The monoisotopic (exact) mass is 525 g/mol. The molecule has 0 N–H and O–H groups in total. The summed E-state index contributed by atoms with van der Waals surface area (Å²) in [6.07, 6.45) is -0.159. The van der Waals surface area contributed by atoms with E-state index >= 15 is 0 Å². The van der Waals surface area contributed by atoms with E-state index in [0.717, 1.165) is 4.91 Å². The summed E-state index contributed by atoms with van der Waals surface area (Å²) in [5, 5.41) is 0.0391. The van der Waals surface area contributed by atoms with E-state index in [0.29, 0.717) is 16.7 Å². The van der Waals surface area contributed by atoms with Crippen LogP contribution in [0.2, 0.25) is 18.1 Å². The zero-order valence-corrected chi connectivity index (χ0v) is 21.6. The van der Waals surface area contributed by atoms with Crippen molar-refractivity contribution in [2.24, 2.45) is 11.8 Å². The predicted octanol–water partition coefficient (Wildman–Crippen LogP) is 4.77. The van der Waals surface area contributed by atoms with Crippen LogP contribution in [0.1, 0.15) is 41.5 Å². The number of rotatable bonds is 7. The Morgan fingerprint density at radius 2 is 1.89 bits per heavy atom. The molecule has 0 saturated carbocycles. The number of β-lactam (4-membered cyclic amide) rings is 1. The number of amides is 1.